The smallest absolute Gasteiger partial charge is 0.405 e. The van der Waals surface area contributed by atoms with Crippen LogP contribution in [0.15, 0.2) is 34.2 Å². The maximum Gasteiger partial charge on any atom is 0.413 e. The Hall–Kier alpha value is -3.51. The summed E-state index contributed by atoms with van der Waals surface area (Å²) in [5, 5.41) is 22.8. The number of aromatic nitrogens is 2. The molecule has 0 fully saturated rings. The molecule has 0 aliphatic carbocycles. The Kier molecular flexibility index (Phi) is 7.15. The minimum Gasteiger partial charge on any atom is -0.405 e. The molecular weight excluding hydrogens is 429 g/mol. The van der Waals surface area contributed by atoms with Gasteiger partial charge in [-0.25, -0.2) is 19.0 Å². The molecule has 164 valence electrons. The first-order valence-corrected chi connectivity index (χ1v) is 10.0. The summed E-state index contributed by atoms with van der Waals surface area (Å²) < 4.78 is 23.3. The number of amides is 3. The van der Waals surface area contributed by atoms with E-state index in [0.717, 1.165) is 11.3 Å². The van der Waals surface area contributed by atoms with Crippen LogP contribution < -0.4 is 20.7 Å². The van der Waals surface area contributed by atoms with Crippen molar-refractivity contribution in [3.8, 4) is 5.75 Å². The van der Waals surface area contributed by atoms with Crippen molar-refractivity contribution in [3.05, 3.63) is 58.2 Å². The highest BCUT2D eigenvalue weighted by molar-refractivity contribution is 7.13. The van der Waals surface area contributed by atoms with Crippen LogP contribution in [0.5, 0.6) is 5.75 Å². The number of aliphatic hydroxyl groups excluding tert-OH is 1. The molecule has 0 spiro atoms. The Morgan fingerprint density at radius 3 is 2.84 bits per heavy atom. The molecule has 0 aliphatic rings. The van der Waals surface area contributed by atoms with Gasteiger partial charge in [0.25, 0.3) is 0 Å². The first kappa shape index (κ1) is 22.2. The number of hydrogen-bond donors (Lipinski definition) is 4. The summed E-state index contributed by atoms with van der Waals surface area (Å²) in [7, 11) is 0. The molecule has 12 heteroatoms. The van der Waals surface area contributed by atoms with Gasteiger partial charge in [0, 0.05) is 18.8 Å². The molecule has 0 saturated carbocycles. The van der Waals surface area contributed by atoms with Crippen LogP contribution in [0.4, 0.5) is 19.1 Å². The summed E-state index contributed by atoms with van der Waals surface area (Å²) in [5.74, 6) is 0.155. The number of hydrogen-bond acceptors (Lipinski definition) is 8. The fraction of sp³-hybridized carbons (Fsp3) is 0.263. The third-order valence-electron chi connectivity index (χ3n) is 4.08. The second-order valence-corrected chi connectivity index (χ2v) is 7.30. The Morgan fingerprint density at radius 2 is 2.16 bits per heavy atom. The molecule has 0 aliphatic heterocycles. The van der Waals surface area contributed by atoms with Crippen molar-refractivity contribution in [1.82, 2.24) is 20.8 Å². The number of benzene rings is 1. The third-order valence-corrected chi connectivity index (χ3v) is 4.85. The van der Waals surface area contributed by atoms with Gasteiger partial charge >= 0.3 is 12.1 Å². The molecule has 0 saturated heterocycles. The number of rotatable bonds is 7. The number of nitrogens with zero attached hydrogens (tertiary/aromatic N) is 2. The van der Waals surface area contributed by atoms with E-state index in [1.54, 1.807) is 31.4 Å². The quantitative estimate of drug-likeness (QED) is 0.435. The average Bonchev–Trinajstić information content (AvgIpc) is 3.32. The number of carbonyl (C=O) groups excluding carboxylic acids is 2. The summed E-state index contributed by atoms with van der Waals surface area (Å²) in [6.45, 7) is 2.92. The standard InChI is InChI=1S/C19H20FN5O5S/c1-10-16(11(2)30-25-10)29-19(28)23-14(8-26)15-9-31-18(22-15)24-17(27)21-7-12-4-3-5-13(20)6-12/h3-6,9,14,26H,7-8H2,1-2H3,(H,23,28)(H2,21,22,24,27). The second-order valence-electron chi connectivity index (χ2n) is 6.44. The van der Waals surface area contributed by atoms with Crippen LogP contribution in [0.2, 0.25) is 0 Å². The van der Waals surface area contributed by atoms with Crippen molar-refractivity contribution in [2.75, 3.05) is 11.9 Å². The zero-order valence-electron chi connectivity index (χ0n) is 16.6. The topological polar surface area (TPSA) is 139 Å². The van der Waals surface area contributed by atoms with E-state index in [4.69, 9.17) is 9.26 Å². The van der Waals surface area contributed by atoms with Crippen molar-refractivity contribution in [1.29, 1.82) is 0 Å². The van der Waals surface area contributed by atoms with Crippen molar-refractivity contribution < 1.29 is 28.3 Å². The number of urea groups is 1. The molecule has 3 amide bonds. The van der Waals surface area contributed by atoms with E-state index in [1.165, 1.54) is 12.1 Å². The van der Waals surface area contributed by atoms with Crippen LogP contribution in [-0.4, -0.2) is 34.0 Å². The first-order valence-electron chi connectivity index (χ1n) is 9.12. The van der Waals surface area contributed by atoms with Crippen LogP contribution in [0.25, 0.3) is 0 Å². The highest BCUT2D eigenvalue weighted by Crippen LogP contribution is 2.23. The Balaban J connectivity index is 1.54. The van der Waals surface area contributed by atoms with Crippen LogP contribution in [-0.2, 0) is 6.54 Å². The third kappa shape index (κ3) is 5.99. The predicted octanol–water partition coefficient (Wildman–Crippen LogP) is 3.03. The van der Waals surface area contributed by atoms with Crippen LogP contribution >= 0.6 is 11.3 Å². The van der Waals surface area contributed by atoms with Gasteiger partial charge in [-0.3, -0.25) is 5.32 Å². The summed E-state index contributed by atoms with van der Waals surface area (Å²) in [6, 6.07) is 4.49. The lowest BCUT2D eigenvalue weighted by Gasteiger charge is -2.13. The van der Waals surface area contributed by atoms with E-state index in [0.29, 0.717) is 22.7 Å². The normalized spacial score (nSPS) is 11.6. The molecule has 2 heterocycles. The number of thiazole rings is 1. The SMILES string of the molecule is Cc1noc(C)c1OC(=O)NC(CO)c1csc(NC(=O)NCc2cccc(F)c2)n1. The van der Waals surface area contributed by atoms with E-state index in [9.17, 15) is 19.1 Å². The predicted molar refractivity (Wildman–Crippen MR) is 109 cm³/mol. The van der Waals surface area contributed by atoms with E-state index in [2.05, 4.69) is 26.1 Å². The van der Waals surface area contributed by atoms with Crippen LogP contribution in [0, 0.1) is 19.7 Å². The fourth-order valence-electron chi connectivity index (χ4n) is 2.57. The summed E-state index contributed by atoms with van der Waals surface area (Å²) in [4.78, 5) is 28.4. The van der Waals surface area contributed by atoms with Crippen LogP contribution in [0.1, 0.15) is 28.8 Å². The molecular formula is C19H20FN5O5S. The fourth-order valence-corrected chi connectivity index (χ4v) is 3.33. The van der Waals surface area contributed by atoms with Gasteiger partial charge in [0.05, 0.1) is 18.3 Å². The molecule has 31 heavy (non-hydrogen) atoms. The van der Waals surface area contributed by atoms with Crippen molar-refractivity contribution >= 4 is 28.6 Å². The molecule has 3 rings (SSSR count). The Bertz CT molecular complexity index is 1050. The Labute approximate surface area is 180 Å². The maximum atomic E-state index is 13.2. The van der Waals surface area contributed by atoms with Gasteiger partial charge in [-0.2, -0.15) is 0 Å². The zero-order valence-corrected chi connectivity index (χ0v) is 17.5. The minimum atomic E-state index is -0.852. The van der Waals surface area contributed by atoms with Gasteiger partial charge in [0.2, 0.25) is 0 Å². The number of nitrogens with one attached hydrogen (secondary N) is 3. The van der Waals surface area contributed by atoms with Gasteiger partial charge < -0.3 is 25.0 Å². The highest BCUT2D eigenvalue weighted by atomic mass is 32.1. The molecule has 2 aromatic heterocycles. The van der Waals surface area contributed by atoms with Crippen molar-refractivity contribution in [2.24, 2.45) is 0 Å². The lowest BCUT2D eigenvalue weighted by atomic mass is 10.2. The molecule has 0 radical (unpaired) electrons. The molecule has 1 unspecified atom stereocenters. The summed E-state index contributed by atoms with van der Waals surface area (Å²) >= 11 is 1.11. The average molecular weight is 449 g/mol. The monoisotopic (exact) mass is 449 g/mol. The highest BCUT2D eigenvalue weighted by Gasteiger charge is 2.21. The van der Waals surface area contributed by atoms with Gasteiger partial charge in [-0.05, 0) is 24.6 Å². The number of aryl methyl sites for hydroxylation is 2. The van der Waals surface area contributed by atoms with Crippen molar-refractivity contribution in [3.63, 3.8) is 0 Å². The van der Waals surface area contributed by atoms with Crippen LogP contribution in [0.3, 0.4) is 0 Å². The zero-order chi connectivity index (χ0) is 22.4. The van der Waals surface area contributed by atoms with Gasteiger partial charge in [-0.15, -0.1) is 11.3 Å². The first-order chi connectivity index (χ1) is 14.9. The Morgan fingerprint density at radius 1 is 1.35 bits per heavy atom. The maximum absolute atomic E-state index is 13.2. The number of anilines is 1. The summed E-state index contributed by atoms with van der Waals surface area (Å²) in [6.07, 6.45) is -0.816. The molecule has 10 nitrogen and oxygen atoms in total. The summed E-state index contributed by atoms with van der Waals surface area (Å²) in [5.41, 5.74) is 1.36. The van der Waals surface area contributed by atoms with Gasteiger partial charge in [-0.1, -0.05) is 17.3 Å². The molecule has 1 aromatic carbocycles. The number of aliphatic hydroxyl groups is 1. The molecule has 4 N–H and O–H groups in total. The minimum absolute atomic E-state index is 0.135. The van der Waals surface area contributed by atoms with Gasteiger partial charge in [0.1, 0.15) is 11.5 Å². The lowest BCUT2D eigenvalue weighted by molar-refractivity contribution is 0.181. The second kappa shape index (κ2) is 10.00. The van der Waals surface area contributed by atoms with E-state index in [-0.39, 0.29) is 23.2 Å². The molecule has 3 aromatic rings. The number of carbonyl (C=O) groups is 2. The van der Waals surface area contributed by atoms with Gasteiger partial charge in [0.15, 0.2) is 16.6 Å². The van der Waals surface area contributed by atoms with Crippen molar-refractivity contribution in [2.45, 2.75) is 26.4 Å². The van der Waals surface area contributed by atoms with E-state index >= 15 is 0 Å². The molecule has 0 bridgehead atoms. The largest absolute Gasteiger partial charge is 0.413 e. The number of halogens is 1. The van der Waals surface area contributed by atoms with E-state index < -0.39 is 24.8 Å². The number of ether oxygens (including phenoxy) is 1. The lowest BCUT2D eigenvalue weighted by Crippen LogP contribution is -2.33. The molecule has 1 atom stereocenters. The van der Waals surface area contributed by atoms with E-state index in [1.807, 2.05) is 0 Å².